The Labute approximate surface area is 56.7 Å². The van der Waals surface area contributed by atoms with Gasteiger partial charge in [0.1, 0.15) is 7.22 Å². The molecule has 0 N–H and O–H groups in total. The summed E-state index contributed by atoms with van der Waals surface area (Å²) >= 11 is 0. The first-order valence-electron chi connectivity index (χ1n) is 2.18. The molecule has 0 aromatic carbocycles. The summed E-state index contributed by atoms with van der Waals surface area (Å²) in [6, 6.07) is 0. The van der Waals surface area contributed by atoms with Crippen molar-refractivity contribution in [3.8, 4) is 0 Å². The Morgan fingerprint density at radius 3 is 2.29 bits per heavy atom. The van der Waals surface area contributed by atoms with E-state index in [1.807, 2.05) is 20.6 Å². The van der Waals surface area contributed by atoms with E-state index in [1.165, 1.54) is 5.38 Å². The van der Waals surface area contributed by atoms with Crippen LogP contribution in [-0.4, -0.2) is 12.6 Å². The fourth-order valence-corrected chi connectivity index (χ4v) is 18.4. The van der Waals surface area contributed by atoms with E-state index in [1.54, 1.807) is 0 Å². The van der Waals surface area contributed by atoms with Crippen molar-refractivity contribution in [1.82, 2.24) is 0 Å². The highest BCUT2D eigenvalue weighted by Gasteiger charge is 2.27. The molecule has 7 heavy (non-hydrogen) atoms. The van der Waals surface area contributed by atoms with Gasteiger partial charge in [0.25, 0.3) is 0 Å². The van der Waals surface area contributed by atoms with Gasteiger partial charge in [0, 0.05) is 5.38 Å². The van der Waals surface area contributed by atoms with Crippen LogP contribution in [0.1, 0.15) is 0 Å². The molecule has 0 aromatic heterocycles. The van der Waals surface area contributed by atoms with E-state index in [2.05, 4.69) is 23.3 Å². The van der Waals surface area contributed by atoms with Crippen molar-refractivity contribution in [2.45, 2.75) is 13.1 Å². The lowest BCUT2D eigenvalue weighted by Gasteiger charge is -2.06. The molecule has 0 nitrogen and oxygen atoms in total. The van der Waals surface area contributed by atoms with E-state index in [0.717, 1.165) is 0 Å². The van der Waals surface area contributed by atoms with Crippen LogP contribution in [0.25, 0.3) is 0 Å². The molecule has 0 spiro atoms. The van der Waals surface area contributed by atoms with Crippen LogP contribution in [-0.2, 0) is 0 Å². The van der Waals surface area contributed by atoms with E-state index >= 15 is 0 Å². The maximum atomic E-state index is 2.42. The van der Waals surface area contributed by atoms with Crippen molar-refractivity contribution in [3.05, 3.63) is 0 Å². The van der Waals surface area contributed by atoms with Gasteiger partial charge in [0.2, 0.25) is 0 Å². The third kappa shape index (κ3) is 1.91. The predicted octanol–water partition coefficient (Wildman–Crippen LogP) is 2.77. The molecule has 1 fully saturated rings. The van der Waals surface area contributed by atoms with Crippen molar-refractivity contribution in [2.24, 2.45) is 0 Å². The second kappa shape index (κ2) is 2.25. The zero-order valence-electron chi connectivity index (χ0n) is 4.43. The lowest BCUT2D eigenvalue weighted by molar-refractivity contribution is 1.85. The van der Waals surface area contributed by atoms with Crippen LogP contribution in [0, 0.1) is 0 Å². The average molecular weight is 168 g/mol. The summed E-state index contributed by atoms with van der Waals surface area (Å²) in [4.78, 5) is 0. The monoisotopic (exact) mass is 168 g/mol. The van der Waals surface area contributed by atoms with Gasteiger partial charge in [-0.15, -0.1) is 10.2 Å². The second-order valence-corrected chi connectivity index (χ2v) is 15.0. The molecule has 0 aromatic rings. The highest BCUT2D eigenvalue weighted by molar-refractivity contribution is 9.17. The Bertz CT molecular complexity index is 64.6. The normalized spacial score (nSPS) is 28.3. The average Bonchev–Trinajstić information content (AvgIpc) is 1.84. The summed E-state index contributed by atoms with van der Waals surface area (Å²) in [6.07, 6.45) is 0. The molecule has 1 saturated heterocycles. The Morgan fingerprint density at radius 1 is 1.43 bits per heavy atom. The van der Waals surface area contributed by atoms with E-state index in [0.29, 0.717) is 0 Å². The Balaban J connectivity index is 2.40. The zero-order valence-corrected chi connectivity index (χ0v) is 7.88. The number of rotatable bonds is 0. The van der Waals surface area contributed by atoms with Crippen molar-refractivity contribution >= 4 is 38.1 Å². The first-order chi connectivity index (χ1) is 3.21. The van der Waals surface area contributed by atoms with E-state index in [-0.39, 0.29) is 0 Å². The fraction of sp³-hybridized carbons (Fsp3) is 1.00. The van der Waals surface area contributed by atoms with Crippen LogP contribution in [0.3, 0.4) is 0 Å². The molecule has 0 atom stereocenters. The van der Waals surface area contributed by atoms with Gasteiger partial charge in [-0.2, -0.15) is 0 Å². The van der Waals surface area contributed by atoms with Crippen LogP contribution in [0.15, 0.2) is 0 Å². The van der Waals surface area contributed by atoms with Crippen molar-refractivity contribution in [1.29, 1.82) is 0 Å². The first-order valence-corrected chi connectivity index (χ1v) is 9.76. The second-order valence-electron chi connectivity index (χ2n) is 2.17. The minimum absolute atomic E-state index is 0.698. The molecular formula is C3H8S3Si. The van der Waals surface area contributed by atoms with Crippen LogP contribution in [0.4, 0.5) is 0 Å². The number of hydrogen-bond acceptors (Lipinski definition) is 3. The Hall–Kier alpha value is 1.27. The van der Waals surface area contributed by atoms with Crippen molar-refractivity contribution < 1.29 is 0 Å². The highest BCUT2D eigenvalue weighted by Crippen LogP contribution is 2.50. The highest BCUT2D eigenvalue weighted by atomic mass is 33.5. The summed E-state index contributed by atoms with van der Waals surface area (Å²) in [5.74, 6) is 0. The summed E-state index contributed by atoms with van der Waals surface area (Å²) in [5.41, 5.74) is 0. The molecule has 0 aliphatic carbocycles. The molecule has 1 aliphatic rings. The Morgan fingerprint density at radius 2 is 2.14 bits per heavy atom. The molecule has 0 unspecified atom stereocenters. The minimum Gasteiger partial charge on any atom is -0.109 e. The third-order valence-electron chi connectivity index (χ3n) is 0.714. The van der Waals surface area contributed by atoms with Crippen LogP contribution in [0.2, 0.25) is 13.1 Å². The molecule has 0 saturated carbocycles. The zero-order chi connectivity index (χ0) is 5.33. The van der Waals surface area contributed by atoms with E-state index in [4.69, 9.17) is 0 Å². The molecule has 1 aliphatic heterocycles. The lowest BCUT2D eigenvalue weighted by Crippen LogP contribution is -2.19. The molecule has 0 amide bonds. The van der Waals surface area contributed by atoms with E-state index in [9.17, 15) is 0 Å². The SMILES string of the molecule is C[Si]1(C)CSSS1. The molecule has 0 radical (unpaired) electrons. The van der Waals surface area contributed by atoms with Gasteiger partial charge in [0.15, 0.2) is 0 Å². The number of hydrogen-bond donors (Lipinski definition) is 0. The van der Waals surface area contributed by atoms with Gasteiger partial charge in [0.05, 0.1) is 0 Å². The topological polar surface area (TPSA) is 0 Å². The Kier molecular flexibility index (Phi) is 2.05. The van der Waals surface area contributed by atoms with Gasteiger partial charge < -0.3 is 0 Å². The molecular weight excluding hydrogens is 160 g/mol. The van der Waals surface area contributed by atoms with E-state index < -0.39 is 7.22 Å². The van der Waals surface area contributed by atoms with Crippen LogP contribution >= 0.6 is 30.9 Å². The molecule has 4 heteroatoms. The lowest BCUT2D eigenvalue weighted by atomic mass is 11.8. The summed E-state index contributed by atoms with van der Waals surface area (Å²) < 4.78 is 0. The largest absolute Gasteiger partial charge is 0.136 e. The maximum absolute atomic E-state index is 2.42. The van der Waals surface area contributed by atoms with Crippen molar-refractivity contribution in [3.63, 3.8) is 0 Å². The minimum atomic E-state index is -0.698. The third-order valence-corrected chi connectivity index (χ3v) is 15.9. The van der Waals surface area contributed by atoms with Gasteiger partial charge in [-0.05, 0) is 9.83 Å². The summed E-state index contributed by atoms with van der Waals surface area (Å²) in [5, 5.41) is 1.43. The molecule has 1 heterocycles. The first kappa shape index (κ1) is 6.39. The van der Waals surface area contributed by atoms with Crippen LogP contribution in [0.5, 0.6) is 0 Å². The van der Waals surface area contributed by atoms with Gasteiger partial charge in [-0.25, -0.2) is 0 Å². The predicted molar refractivity (Wildman–Crippen MR) is 45.1 cm³/mol. The summed E-state index contributed by atoms with van der Waals surface area (Å²) in [6.45, 7) is 4.84. The van der Waals surface area contributed by atoms with Gasteiger partial charge in [-0.3, -0.25) is 0 Å². The molecule has 0 bridgehead atoms. The van der Waals surface area contributed by atoms with Gasteiger partial charge in [-0.1, -0.05) is 23.9 Å². The fourth-order valence-electron chi connectivity index (χ4n) is 0.306. The molecule has 42 valence electrons. The van der Waals surface area contributed by atoms with Crippen LogP contribution < -0.4 is 0 Å². The standard InChI is InChI=1S/C3H8S3Si/c1-7(2)3-4-5-6-7/h3H2,1-2H3. The maximum Gasteiger partial charge on any atom is 0.136 e. The molecule has 1 rings (SSSR count). The quantitative estimate of drug-likeness (QED) is 0.403. The summed E-state index contributed by atoms with van der Waals surface area (Å²) in [7, 11) is 5.42. The van der Waals surface area contributed by atoms with Crippen molar-refractivity contribution in [2.75, 3.05) is 5.38 Å². The van der Waals surface area contributed by atoms with Gasteiger partial charge >= 0.3 is 0 Å². The smallest absolute Gasteiger partial charge is 0.109 e.